The lowest BCUT2D eigenvalue weighted by atomic mass is 9.81. The maximum Gasteiger partial charge on any atom is 0.250 e. The molecule has 2 saturated heterocycles. The molecule has 4 unspecified atom stereocenters. The highest BCUT2D eigenvalue weighted by atomic mass is 35.5. The van der Waals surface area contributed by atoms with Crippen molar-refractivity contribution < 1.29 is 14.1 Å². The van der Waals surface area contributed by atoms with Crippen LogP contribution in [0.5, 0.6) is 0 Å². The molecular formula is C18H28ClN5O3S. The summed E-state index contributed by atoms with van der Waals surface area (Å²) >= 11 is 1.58. The zero-order valence-electron chi connectivity index (χ0n) is 16.3. The van der Waals surface area contributed by atoms with Crippen LogP contribution in [0.15, 0.2) is 4.52 Å². The van der Waals surface area contributed by atoms with Gasteiger partial charge in [-0.15, -0.1) is 12.4 Å². The van der Waals surface area contributed by atoms with Crippen LogP contribution in [0.4, 0.5) is 0 Å². The van der Waals surface area contributed by atoms with Gasteiger partial charge in [-0.2, -0.15) is 16.7 Å². The second kappa shape index (κ2) is 9.11. The number of fused-ring (bicyclic) bond motifs is 1. The summed E-state index contributed by atoms with van der Waals surface area (Å²) in [6.07, 6.45) is 5.62. The van der Waals surface area contributed by atoms with Gasteiger partial charge in [0.2, 0.25) is 11.8 Å². The molecule has 28 heavy (non-hydrogen) atoms. The molecule has 10 heteroatoms. The number of carbonyl (C=O) groups excluding carboxylic acids is 2. The largest absolute Gasteiger partial charge is 0.337 e. The molecule has 0 bridgehead atoms. The molecule has 4 rings (SSSR count). The molecule has 156 valence electrons. The van der Waals surface area contributed by atoms with Gasteiger partial charge in [0.25, 0.3) is 5.89 Å². The van der Waals surface area contributed by atoms with Gasteiger partial charge in [-0.1, -0.05) is 18.0 Å². The minimum atomic E-state index is -0.478. The van der Waals surface area contributed by atoms with Gasteiger partial charge < -0.3 is 9.84 Å². The molecule has 4 atom stereocenters. The first-order chi connectivity index (χ1) is 13.1. The van der Waals surface area contributed by atoms with E-state index in [0.29, 0.717) is 17.5 Å². The predicted molar refractivity (Wildman–Crippen MR) is 108 cm³/mol. The number of aromatic nitrogens is 2. The Labute approximate surface area is 175 Å². The summed E-state index contributed by atoms with van der Waals surface area (Å²) in [5.74, 6) is 1.12. The zero-order valence-corrected chi connectivity index (χ0v) is 17.9. The predicted octanol–water partition coefficient (Wildman–Crippen LogP) is 1.65. The van der Waals surface area contributed by atoms with E-state index in [1.54, 1.807) is 11.8 Å². The molecule has 1 aromatic rings. The second-order valence-corrected chi connectivity index (χ2v) is 8.62. The molecule has 1 N–H and O–H groups in total. The molecule has 3 aliphatic rings. The van der Waals surface area contributed by atoms with Gasteiger partial charge in [-0.25, -0.2) is 0 Å². The Kier molecular flexibility index (Phi) is 7.01. The SMILES string of the molecule is CSCC(c1nc(C2CNCCN2C)no1)N1C(=O)C2CCCCC2C1=O.Cl. The fraction of sp³-hybridized carbons (Fsp3) is 0.778. The topological polar surface area (TPSA) is 91.6 Å². The van der Waals surface area contributed by atoms with Crippen LogP contribution in [-0.4, -0.2) is 70.4 Å². The Bertz CT molecular complexity index is 693. The van der Waals surface area contributed by atoms with Gasteiger partial charge in [0.05, 0.1) is 17.9 Å². The first kappa shape index (κ1) is 21.5. The molecule has 1 saturated carbocycles. The number of thioether (sulfide) groups is 1. The van der Waals surface area contributed by atoms with Crippen LogP contribution in [-0.2, 0) is 9.59 Å². The van der Waals surface area contributed by atoms with Crippen LogP contribution in [0.1, 0.15) is 49.5 Å². The molecular weight excluding hydrogens is 402 g/mol. The molecule has 1 aromatic heterocycles. The third-order valence-electron chi connectivity index (χ3n) is 6.06. The normalized spacial score (nSPS) is 29.5. The summed E-state index contributed by atoms with van der Waals surface area (Å²) in [6, 6.07) is -0.438. The van der Waals surface area contributed by atoms with Crippen LogP contribution < -0.4 is 5.32 Å². The van der Waals surface area contributed by atoms with E-state index in [9.17, 15) is 9.59 Å². The van der Waals surface area contributed by atoms with Crippen molar-refractivity contribution in [2.45, 2.75) is 37.8 Å². The number of rotatable bonds is 5. The van der Waals surface area contributed by atoms with Crippen LogP contribution in [0.25, 0.3) is 0 Å². The van der Waals surface area contributed by atoms with Gasteiger partial charge in [0, 0.05) is 25.4 Å². The number of nitrogens with one attached hydrogen (secondary N) is 1. The Morgan fingerprint density at radius 3 is 2.54 bits per heavy atom. The van der Waals surface area contributed by atoms with Gasteiger partial charge in [0.1, 0.15) is 6.04 Å². The molecule has 3 heterocycles. The summed E-state index contributed by atoms with van der Waals surface area (Å²) in [6.45, 7) is 2.61. The van der Waals surface area contributed by atoms with Crippen molar-refractivity contribution in [2.24, 2.45) is 11.8 Å². The zero-order chi connectivity index (χ0) is 19.0. The van der Waals surface area contributed by atoms with E-state index in [-0.39, 0.29) is 42.1 Å². The van der Waals surface area contributed by atoms with Crippen molar-refractivity contribution in [1.29, 1.82) is 0 Å². The summed E-state index contributed by atoms with van der Waals surface area (Å²) in [5.41, 5.74) is 0. The molecule has 0 spiro atoms. The average molecular weight is 430 g/mol. The van der Waals surface area contributed by atoms with Crippen LogP contribution in [0.2, 0.25) is 0 Å². The Hall–Kier alpha value is -1.16. The third-order valence-corrected chi connectivity index (χ3v) is 6.71. The number of nitrogens with zero attached hydrogens (tertiary/aromatic N) is 4. The maximum atomic E-state index is 13.0. The molecule has 2 aliphatic heterocycles. The minimum Gasteiger partial charge on any atom is -0.337 e. The number of likely N-dealkylation sites (N-methyl/N-ethyl adjacent to an activating group) is 1. The first-order valence-electron chi connectivity index (χ1n) is 9.72. The van der Waals surface area contributed by atoms with Gasteiger partial charge in [-0.3, -0.25) is 19.4 Å². The molecule has 1 aliphatic carbocycles. The third kappa shape index (κ3) is 3.81. The highest BCUT2D eigenvalue weighted by Gasteiger charge is 2.51. The second-order valence-electron chi connectivity index (χ2n) is 7.71. The van der Waals surface area contributed by atoms with E-state index in [1.165, 1.54) is 4.90 Å². The Balaban J connectivity index is 0.00000225. The van der Waals surface area contributed by atoms with Crippen molar-refractivity contribution in [2.75, 3.05) is 38.7 Å². The van der Waals surface area contributed by atoms with Crippen LogP contribution >= 0.6 is 24.2 Å². The van der Waals surface area contributed by atoms with Crippen molar-refractivity contribution >= 4 is 36.0 Å². The summed E-state index contributed by atoms with van der Waals surface area (Å²) in [4.78, 5) is 34.2. The molecule has 0 radical (unpaired) electrons. The maximum absolute atomic E-state index is 13.0. The van der Waals surface area contributed by atoms with Crippen LogP contribution in [0.3, 0.4) is 0 Å². The standard InChI is InChI=1S/C18H27N5O3S.ClH/c1-22-8-7-19-9-13(22)15-20-16(26-21-15)14(10-27-2)23-17(24)11-5-3-4-6-12(11)18(23)25;/h11-14,19H,3-10H2,1-2H3;1H. The number of piperazine rings is 1. The van der Waals surface area contributed by atoms with E-state index < -0.39 is 6.04 Å². The van der Waals surface area contributed by atoms with Gasteiger partial charge >= 0.3 is 0 Å². The summed E-state index contributed by atoms with van der Waals surface area (Å²) in [5, 5.41) is 7.52. The van der Waals surface area contributed by atoms with Crippen LogP contribution in [0, 0.1) is 11.8 Å². The Morgan fingerprint density at radius 2 is 1.93 bits per heavy atom. The molecule has 8 nitrogen and oxygen atoms in total. The van der Waals surface area contributed by atoms with Crippen molar-refractivity contribution in [3.63, 3.8) is 0 Å². The number of carbonyl (C=O) groups is 2. The van der Waals surface area contributed by atoms with Crippen molar-refractivity contribution in [1.82, 2.24) is 25.3 Å². The number of hydrogen-bond donors (Lipinski definition) is 1. The molecule has 0 aromatic carbocycles. The lowest BCUT2D eigenvalue weighted by Crippen LogP contribution is -2.44. The van der Waals surface area contributed by atoms with E-state index in [2.05, 4.69) is 20.4 Å². The number of hydrogen-bond acceptors (Lipinski definition) is 8. The average Bonchev–Trinajstić information content (AvgIpc) is 3.25. The molecule has 2 amide bonds. The van der Waals surface area contributed by atoms with Gasteiger partial charge in [-0.05, 0) is 26.1 Å². The highest BCUT2D eigenvalue weighted by Crippen LogP contribution is 2.42. The smallest absolute Gasteiger partial charge is 0.250 e. The first-order valence-corrected chi connectivity index (χ1v) is 11.1. The summed E-state index contributed by atoms with van der Waals surface area (Å²) < 4.78 is 5.57. The van der Waals surface area contributed by atoms with Crippen molar-refractivity contribution in [3.05, 3.63) is 11.7 Å². The lowest BCUT2D eigenvalue weighted by Gasteiger charge is -2.30. The number of halogens is 1. The fourth-order valence-corrected chi connectivity index (χ4v) is 5.13. The van der Waals surface area contributed by atoms with E-state index in [4.69, 9.17) is 4.52 Å². The molecule has 3 fully saturated rings. The number of likely N-dealkylation sites (tertiary alicyclic amines) is 1. The van der Waals surface area contributed by atoms with E-state index in [1.807, 2.05) is 13.3 Å². The number of imide groups is 1. The van der Waals surface area contributed by atoms with E-state index >= 15 is 0 Å². The summed E-state index contributed by atoms with van der Waals surface area (Å²) in [7, 11) is 2.04. The van der Waals surface area contributed by atoms with E-state index in [0.717, 1.165) is 45.3 Å². The minimum absolute atomic E-state index is 0. The highest BCUT2D eigenvalue weighted by molar-refractivity contribution is 7.98. The number of amides is 2. The van der Waals surface area contributed by atoms with Gasteiger partial charge in [0.15, 0.2) is 5.82 Å². The lowest BCUT2D eigenvalue weighted by molar-refractivity contribution is -0.142. The fourth-order valence-electron chi connectivity index (χ4n) is 4.52. The van der Waals surface area contributed by atoms with Crippen molar-refractivity contribution in [3.8, 4) is 0 Å². The monoisotopic (exact) mass is 429 g/mol. The quantitative estimate of drug-likeness (QED) is 0.706. The Morgan fingerprint density at radius 1 is 1.25 bits per heavy atom.